The third-order valence-electron chi connectivity index (χ3n) is 2.76. The molecule has 0 saturated carbocycles. The Bertz CT molecular complexity index is 724. The number of pyridine rings is 1. The number of rotatable bonds is 4. The van der Waals surface area contributed by atoms with E-state index in [-0.39, 0.29) is 18.7 Å². The van der Waals surface area contributed by atoms with Crippen LogP contribution in [-0.4, -0.2) is 17.6 Å². The second-order valence-electron chi connectivity index (χ2n) is 4.54. The van der Waals surface area contributed by atoms with Crippen molar-refractivity contribution in [3.05, 3.63) is 65.5 Å². The molecule has 0 aliphatic carbocycles. The lowest BCUT2D eigenvalue weighted by Crippen LogP contribution is -2.24. The van der Waals surface area contributed by atoms with E-state index in [0.29, 0.717) is 6.42 Å². The van der Waals surface area contributed by atoms with Crippen molar-refractivity contribution in [2.75, 3.05) is 6.54 Å². The fourth-order valence-electron chi connectivity index (χ4n) is 1.66. The smallest absolute Gasteiger partial charge is 0.407 e. The molecule has 0 radical (unpaired) electrons. The lowest BCUT2D eigenvalue weighted by Gasteiger charge is -2.05. The Labute approximate surface area is 132 Å². The zero-order valence-corrected chi connectivity index (χ0v) is 12.2. The minimum absolute atomic E-state index is 0.193. The third-order valence-corrected chi connectivity index (χ3v) is 2.76. The number of nitrogens with one attached hydrogen (secondary N) is 1. The van der Waals surface area contributed by atoms with Crippen LogP contribution >= 0.6 is 0 Å². The fourth-order valence-corrected chi connectivity index (χ4v) is 1.66. The van der Waals surface area contributed by atoms with Gasteiger partial charge in [0, 0.05) is 24.7 Å². The van der Waals surface area contributed by atoms with Gasteiger partial charge in [0.2, 0.25) is 5.95 Å². The lowest BCUT2D eigenvalue weighted by molar-refractivity contribution is 0.140. The Hall–Kier alpha value is -2.94. The van der Waals surface area contributed by atoms with Crippen LogP contribution in [0, 0.1) is 23.6 Å². The molecule has 0 bridgehead atoms. The first-order chi connectivity index (χ1) is 11.1. The average molecular weight is 316 g/mol. The summed E-state index contributed by atoms with van der Waals surface area (Å²) in [4.78, 5) is 14.7. The monoisotopic (exact) mass is 316 g/mol. The van der Waals surface area contributed by atoms with Gasteiger partial charge in [-0.2, -0.15) is 4.39 Å². The van der Waals surface area contributed by atoms with Crippen molar-refractivity contribution in [3.63, 3.8) is 0 Å². The molecule has 0 atom stereocenters. The van der Waals surface area contributed by atoms with Gasteiger partial charge in [0.1, 0.15) is 6.61 Å². The molecule has 1 heterocycles. The van der Waals surface area contributed by atoms with Gasteiger partial charge in [-0.05, 0) is 11.6 Å². The molecular formula is C17H14F2N2O2. The van der Waals surface area contributed by atoms with Crippen LogP contribution in [0.1, 0.15) is 17.5 Å². The van der Waals surface area contributed by atoms with E-state index < -0.39 is 17.9 Å². The zero-order valence-electron chi connectivity index (χ0n) is 12.2. The number of carbonyl (C=O) groups is 1. The first-order valence-electron chi connectivity index (χ1n) is 6.89. The maximum atomic E-state index is 12.9. The van der Waals surface area contributed by atoms with E-state index in [2.05, 4.69) is 22.1 Å². The van der Waals surface area contributed by atoms with Gasteiger partial charge < -0.3 is 10.1 Å². The summed E-state index contributed by atoms with van der Waals surface area (Å²) in [7, 11) is 0. The van der Waals surface area contributed by atoms with Crippen molar-refractivity contribution in [2.45, 2.75) is 13.0 Å². The molecule has 23 heavy (non-hydrogen) atoms. The number of hydrogen-bond donors (Lipinski definition) is 1. The third kappa shape index (κ3) is 5.75. The Morgan fingerprint density at radius 3 is 2.78 bits per heavy atom. The summed E-state index contributed by atoms with van der Waals surface area (Å²) in [6.07, 6.45) is 0.956. The molecule has 1 aromatic carbocycles. The first-order valence-corrected chi connectivity index (χ1v) is 6.89. The van der Waals surface area contributed by atoms with E-state index in [1.165, 1.54) is 0 Å². The molecule has 4 nitrogen and oxygen atoms in total. The highest BCUT2D eigenvalue weighted by molar-refractivity contribution is 5.67. The van der Waals surface area contributed by atoms with Crippen LogP contribution in [0.2, 0.25) is 0 Å². The minimum Gasteiger partial charge on any atom is -0.445 e. The molecule has 0 aliphatic rings. The van der Waals surface area contributed by atoms with Gasteiger partial charge in [-0.1, -0.05) is 42.2 Å². The number of amides is 1. The highest BCUT2D eigenvalue weighted by Gasteiger charge is 2.02. The average Bonchev–Trinajstić information content (AvgIpc) is 2.57. The maximum Gasteiger partial charge on any atom is 0.407 e. The van der Waals surface area contributed by atoms with E-state index in [0.717, 1.165) is 17.8 Å². The summed E-state index contributed by atoms with van der Waals surface area (Å²) in [5, 5.41) is 2.55. The molecule has 1 N–H and O–H groups in total. The second-order valence-corrected chi connectivity index (χ2v) is 4.54. The van der Waals surface area contributed by atoms with Crippen LogP contribution in [0.4, 0.5) is 13.6 Å². The maximum absolute atomic E-state index is 12.9. The number of benzene rings is 1. The molecule has 0 fully saturated rings. The minimum atomic E-state index is -1.15. The van der Waals surface area contributed by atoms with Gasteiger partial charge >= 0.3 is 6.09 Å². The van der Waals surface area contributed by atoms with Gasteiger partial charge in [0.05, 0.1) is 0 Å². The Kier molecular flexibility index (Phi) is 6.07. The van der Waals surface area contributed by atoms with Gasteiger partial charge in [-0.25, -0.2) is 14.2 Å². The second kappa shape index (κ2) is 8.49. The Morgan fingerprint density at radius 2 is 2.04 bits per heavy atom. The topological polar surface area (TPSA) is 51.2 Å². The van der Waals surface area contributed by atoms with Crippen molar-refractivity contribution >= 4 is 6.09 Å². The van der Waals surface area contributed by atoms with Crippen LogP contribution in [0.3, 0.4) is 0 Å². The zero-order chi connectivity index (χ0) is 16.5. The summed E-state index contributed by atoms with van der Waals surface area (Å²) >= 11 is 0. The molecule has 6 heteroatoms. The fraction of sp³-hybridized carbons (Fsp3) is 0.176. The molecule has 0 aliphatic heterocycles. The van der Waals surface area contributed by atoms with Crippen molar-refractivity contribution in [1.82, 2.24) is 10.3 Å². The van der Waals surface area contributed by atoms with E-state index >= 15 is 0 Å². The van der Waals surface area contributed by atoms with Crippen molar-refractivity contribution in [2.24, 2.45) is 0 Å². The largest absolute Gasteiger partial charge is 0.445 e. The van der Waals surface area contributed by atoms with Gasteiger partial charge in [0.25, 0.3) is 0 Å². The van der Waals surface area contributed by atoms with Crippen LogP contribution in [0.5, 0.6) is 0 Å². The summed E-state index contributed by atoms with van der Waals surface area (Å²) < 4.78 is 30.6. The molecule has 1 amide bonds. The van der Waals surface area contributed by atoms with E-state index in [9.17, 15) is 13.6 Å². The van der Waals surface area contributed by atoms with Crippen LogP contribution < -0.4 is 5.32 Å². The van der Waals surface area contributed by atoms with E-state index in [4.69, 9.17) is 4.74 Å². The van der Waals surface area contributed by atoms with Gasteiger partial charge in [-0.15, -0.1) is 0 Å². The number of hydrogen-bond acceptors (Lipinski definition) is 3. The predicted octanol–water partition coefficient (Wildman–Crippen LogP) is 3.03. The van der Waals surface area contributed by atoms with Crippen molar-refractivity contribution in [1.29, 1.82) is 0 Å². The highest BCUT2D eigenvalue weighted by Crippen LogP contribution is 2.04. The van der Waals surface area contributed by atoms with E-state index in [1.54, 1.807) is 0 Å². The molecule has 0 spiro atoms. The van der Waals surface area contributed by atoms with Crippen LogP contribution in [0.25, 0.3) is 0 Å². The number of aromatic nitrogens is 1. The molecule has 1 aromatic heterocycles. The predicted molar refractivity (Wildman–Crippen MR) is 80.3 cm³/mol. The van der Waals surface area contributed by atoms with Crippen LogP contribution in [0.15, 0.2) is 42.6 Å². The molecule has 2 rings (SSSR count). The summed E-state index contributed by atoms with van der Waals surface area (Å²) in [6, 6.07) is 10.3. The number of halogens is 2. The van der Waals surface area contributed by atoms with Crippen molar-refractivity contribution in [3.8, 4) is 11.8 Å². The summed E-state index contributed by atoms with van der Waals surface area (Å²) in [5.41, 5.74) is 1.17. The molecule has 2 aromatic rings. The standard InChI is InChI=1S/C17H14F2N2O2/c18-15-10-14(11-21-16(15)19)8-4-5-9-20-17(22)23-12-13-6-2-1-3-7-13/h1-3,6-7,10-11H,5,9,12H2,(H,20,22). The first kappa shape index (κ1) is 16.4. The Balaban J connectivity index is 1.68. The number of nitrogens with zero attached hydrogens (tertiary/aromatic N) is 1. The summed E-state index contributed by atoms with van der Waals surface area (Å²) in [6.45, 7) is 0.483. The quantitative estimate of drug-likeness (QED) is 0.536. The lowest BCUT2D eigenvalue weighted by atomic mass is 10.2. The highest BCUT2D eigenvalue weighted by atomic mass is 19.2. The number of alkyl carbamates (subject to hydrolysis) is 1. The number of ether oxygens (including phenoxy) is 1. The Morgan fingerprint density at radius 1 is 1.26 bits per heavy atom. The van der Waals surface area contributed by atoms with E-state index in [1.807, 2.05) is 30.3 Å². The summed E-state index contributed by atoms with van der Waals surface area (Å²) in [5.74, 6) is 3.16. The van der Waals surface area contributed by atoms with Crippen LogP contribution in [-0.2, 0) is 11.3 Å². The number of carbonyl (C=O) groups excluding carboxylic acids is 1. The molecule has 0 saturated heterocycles. The molecule has 0 unspecified atom stereocenters. The van der Waals surface area contributed by atoms with Gasteiger partial charge in [0.15, 0.2) is 5.82 Å². The SMILES string of the molecule is O=C(NCCC#Cc1cnc(F)c(F)c1)OCc1ccccc1. The van der Waals surface area contributed by atoms with Crippen molar-refractivity contribution < 1.29 is 18.3 Å². The van der Waals surface area contributed by atoms with Gasteiger partial charge in [-0.3, -0.25) is 0 Å². The normalized spacial score (nSPS) is 9.65. The molecular weight excluding hydrogens is 302 g/mol. The molecule has 118 valence electrons.